The number of benzene rings is 2. The number of halogens is 2. The van der Waals surface area contributed by atoms with Crippen LogP contribution >= 0.6 is 0 Å². The van der Waals surface area contributed by atoms with Gasteiger partial charge in [-0.15, -0.1) is 0 Å². The Morgan fingerprint density at radius 3 is 1.30 bits per heavy atom. The lowest BCUT2D eigenvalue weighted by molar-refractivity contribution is 0.00110. The van der Waals surface area contributed by atoms with Gasteiger partial charge in [-0.1, -0.05) is 0 Å². The number of sulfonamides is 2. The molecule has 1 heterocycles. The van der Waals surface area contributed by atoms with Gasteiger partial charge in [0.2, 0.25) is 20.0 Å². The van der Waals surface area contributed by atoms with Crippen LogP contribution in [0.4, 0.5) is 8.78 Å². The molecule has 0 spiro atoms. The maximum absolute atomic E-state index is 13.2. The first-order valence-electron chi connectivity index (χ1n) is 9.08. The van der Waals surface area contributed by atoms with E-state index < -0.39 is 43.9 Å². The van der Waals surface area contributed by atoms with E-state index in [1.165, 1.54) is 0 Å². The summed E-state index contributed by atoms with van der Waals surface area (Å²) in [6, 6.07) is 8.69. The highest BCUT2D eigenvalue weighted by atomic mass is 32.2. The molecule has 1 aliphatic rings. The Morgan fingerprint density at radius 1 is 0.667 bits per heavy atom. The summed E-state index contributed by atoms with van der Waals surface area (Å²) in [5, 5.41) is 0. The van der Waals surface area contributed by atoms with E-state index in [2.05, 4.69) is 0 Å². The molecule has 0 radical (unpaired) electrons. The maximum Gasteiger partial charge on any atom is 0.245 e. The molecule has 0 atom stereocenters. The Morgan fingerprint density at radius 2 is 1.00 bits per heavy atom. The van der Waals surface area contributed by atoms with Gasteiger partial charge < -0.3 is 0 Å². The van der Waals surface area contributed by atoms with E-state index >= 15 is 0 Å². The van der Waals surface area contributed by atoms with E-state index in [-0.39, 0.29) is 23.1 Å². The van der Waals surface area contributed by atoms with Crippen LogP contribution in [0.5, 0.6) is 0 Å². The first-order chi connectivity index (χ1) is 13.8. The highest BCUT2D eigenvalue weighted by Gasteiger charge is 2.41. The fourth-order valence-corrected chi connectivity index (χ4v) is 5.73. The van der Waals surface area contributed by atoms with Crippen molar-refractivity contribution >= 4 is 20.0 Å². The molecule has 0 unspecified atom stereocenters. The van der Waals surface area contributed by atoms with Crippen LogP contribution in [-0.4, -0.2) is 55.9 Å². The van der Waals surface area contributed by atoms with E-state index in [1.807, 2.05) is 20.8 Å². The molecule has 1 aliphatic heterocycles. The highest BCUT2D eigenvalue weighted by molar-refractivity contribution is 7.90. The van der Waals surface area contributed by atoms with Crippen LogP contribution < -0.4 is 0 Å². The molecule has 0 amide bonds. The zero-order valence-electron chi connectivity index (χ0n) is 16.8. The summed E-state index contributed by atoms with van der Waals surface area (Å²) in [5.74, 6) is -1.16. The van der Waals surface area contributed by atoms with Gasteiger partial charge in [0.1, 0.15) is 11.6 Å². The van der Waals surface area contributed by atoms with Gasteiger partial charge in [0.05, 0.1) is 29.8 Å². The summed E-state index contributed by atoms with van der Waals surface area (Å²) in [6.07, 6.45) is 0. The normalized spacial score (nSPS) is 17.9. The molecule has 11 heteroatoms. The first-order valence-corrected chi connectivity index (χ1v) is 12.0. The quantitative estimate of drug-likeness (QED) is 0.703. The third-order valence-corrected chi connectivity index (χ3v) is 8.38. The van der Waals surface area contributed by atoms with Crippen LogP contribution in [0, 0.1) is 11.6 Å². The third kappa shape index (κ3) is 4.54. The molecule has 0 bridgehead atoms. The van der Waals surface area contributed by atoms with Crippen LogP contribution in [0.3, 0.4) is 0 Å². The second kappa shape index (κ2) is 7.97. The Kier molecular flexibility index (Phi) is 6.04. The molecule has 1 fully saturated rings. The second-order valence-electron chi connectivity index (χ2n) is 7.96. The zero-order chi connectivity index (χ0) is 22.3. The number of nitrogens with zero attached hydrogens (tertiary/aromatic N) is 3. The average molecular weight is 460 g/mol. The van der Waals surface area contributed by atoms with E-state index in [4.69, 9.17) is 0 Å². The molecule has 0 aromatic heterocycles. The van der Waals surface area contributed by atoms with Gasteiger partial charge in [-0.3, -0.25) is 4.90 Å². The monoisotopic (exact) mass is 459 g/mol. The minimum atomic E-state index is -4.10. The van der Waals surface area contributed by atoms with Crippen molar-refractivity contribution in [3.8, 4) is 0 Å². The highest BCUT2D eigenvalue weighted by Crippen LogP contribution is 2.28. The minimum Gasteiger partial charge on any atom is -0.271 e. The van der Waals surface area contributed by atoms with Crippen molar-refractivity contribution in [1.29, 1.82) is 0 Å². The van der Waals surface area contributed by atoms with Crippen LogP contribution in [0.25, 0.3) is 0 Å². The van der Waals surface area contributed by atoms with E-state index in [0.717, 1.165) is 57.1 Å². The number of hydrogen-bond donors (Lipinski definition) is 0. The standard InChI is InChI=1S/C19H23F2N3O4S2/c1-19(2,3)22-12-23(29(25,26)17-8-4-15(20)5-9-17)14-24(13-22)30(27,28)18-10-6-16(21)7-11-18/h4-11H,12-14H2,1-3H3. The molecule has 1 saturated heterocycles. The zero-order valence-corrected chi connectivity index (χ0v) is 18.4. The molecule has 2 aromatic carbocycles. The van der Waals surface area contributed by atoms with Gasteiger partial charge >= 0.3 is 0 Å². The van der Waals surface area contributed by atoms with Crippen LogP contribution in [0.2, 0.25) is 0 Å². The SMILES string of the molecule is CC(C)(C)N1CN(S(=O)(=O)c2ccc(F)cc2)CN(S(=O)(=O)c2ccc(F)cc2)C1. The maximum atomic E-state index is 13.2. The second-order valence-corrected chi connectivity index (χ2v) is 11.8. The molecule has 7 nitrogen and oxygen atoms in total. The van der Waals surface area contributed by atoms with E-state index in [0.29, 0.717) is 0 Å². The van der Waals surface area contributed by atoms with Crippen LogP contribution in [-0.2, 0) is 20.0 Å². The fraction of sp³-hybridized carbons (Fsp3) is 0.368. The summed E-state index contributed by atoms with van der Waals surface area (Å²) >= 11 is 0. The van der Waals surface area contributed by atoms with Gasteiger partial charge in [-0.25, -0.2) is 25.6 Å². The Hall–Kier alpha value is -1.92. The van der Waals surface area contributed by atoms with Crippen LogP contribution in [0.1, 0.15) is 20.8 Å². The first kappa shape index (κ1) is 22.8. The van der Waals surface area contributed by atoms with Crippen molar-refractivity contribution in [1.82, 2.24) is 13.5 Å². The van der Waals surface area contributed by atoms with Crippen LogP contribution in [0.15, 0.2) is 58.3 Å². The lowest BCUT2D eigenvalue weighted by atomic mass is 10.1. The molecule has 0 N–H and O–H groups in total. The molecule has 3 rings (SSSR count). The molecule has 164 valence electrons. The summed E-state index contributed by atoms with van der Waals surface area (Å²) in [7, 11) is -8.19. The van der Waals surface area contributed by atoms with Crippen molar-refractivity contribution in [2.45, 2.75) is 36.1 Å². The number of rotatable bonds is 4. The molecule has 30 heavy (non-hydrogen) atoms. The Bertz CT molecular complexity index is 1030. The lowest BCUT2D eigenvalue weighted by Crippen LogP contribution is -2.62. The summed E-state index contributed by atoms with van der Waals surface area (Å²) in [4.78, 5) is 1.41. The predicted molar refractivity (Wildman–Crippen MR) is 107 cm³/mol. The van der Waals surface area contributed by atoms with E-state index in [9.17, 15) is 25.6 Å². The Labute approximate surface area is 175 Å². The van der Waals surface area contributed by atoms with Gasteiger partial charge in [0.25, 0.3) is 0 Å². The molecular weight excluding hydrogens is 436 g/mol. The van der Waals surface area contributed by atoms with E-state index in [1.54, 1.807) is 4.90 Å². The largest absolute Gasteiger partial charge is 0.271 e. The fourth-order valence-electron chi connectivity index (χ4n) is 2.93. The predicted octanol–water partition coefficient (Wildman–Crippen LogP) is 2.63. The van der Waals surface area contributed by atoms with Crippen molar-refractivity contribution < 1.29 is 25.6 Å². The van der Waals surface area contributed by atoms with Gasteiger partial charge in [0, 0.05) is 5.54 Å². The molecule has 2 aromatic rings. The molecule has 0 saturated carbocycles. The summed E-state index contributed by atoms with van der Waals surface area (Å²) in [5.41, 5.74) is -0.548. The summed E-state index contributed by atoms with van der Waals surface area (Å²) in [6.45, 7) is 5.00. The van der Waals surface area contributed by atoms with Crippen molar-refractivity contribution in [3.63, 3.8) is 0 Å². The van der Waals surface area contributed by atoms with Crippen molar-refractivity contribution in [3.05, 3.63) is 60.2 Å². The van der Waals surface area contributed by atoms with Crippen molar-refractivity contribution in [2.75, 3.05) is 20.0 Å². The minimum absolute atomic E-state index is 0.0430. The lowest BCUT2D eigenvalue weighted by Gasteiger charge is -2.46. The van der Waals surface area contributed by atoms with Crippen molar-refractivity contribution in [2.24, 2.45) is 0 Å². The smallest absolute Gasteiger partial charge is 0.245 e. The summed E-state index contributed by atoms with van der Waals surface area (Å²) < 4.78 is 81.0. The average Bonchev–Trinajstić information content (AvgIpc) is 2.67. The third-order valence-electron chi connectivity index (χ3n) is 4.82. The molecule has 0 aliphatic carbocycles. The topological polar surface area (TPSA) is 78.0 Å². The number of hydrogen-bond acceptors (Lipinski definition) is 5. The van der Waals surface area contributed by atoms with Gasteiger partial charge in [0.15, 0.2) is 0 Å². The van der Waals surface area contributed by atoms with Gasteiger partial charge in [-0.2, -0.15) is 8.61 Å². The van der Waals surface area contributed by atoms with Gasteiger partial charge in [-0.05, 0) is 69.3 Å². The molecular formula is C19H23F2N3O4S2. The Balaban J connectivity index is 2.01.